The van der Waals surface area contributed by atoms with Gasteiger partial charge in [-0.3, -0.25) is 0 Å². The molecule has 0 bridgehead atoms. The summed E-state index contributed by atoms with van der Waals surface area (Å²) in [6.45, 7) is -0.515. The van der Waals surface area contributed by atoms with Crippen LogP contribution < -0.4 is 18.9 Å². The van der Waals surface area contributed by atoms with Crippen molar-refractivity contribution in [1.29, 1.82) is 0 Å². The van der Waals surface area contributed by atoms with E-state index in [4.69, 9.17) is 19.7 Å². The molecule has 0 aliphatic carbocycles. The Balaban J connectivity index is 1.54. The molecule has 0 aromatic heterocycles. The molecular weight excluding hydrogens is 540 g/mol. The fourth-order valence-electron chi connectivity index (χ4n) is 3.10. The van der Waals surface area contributed by atoms with Gasteiger partial charge in [-0.1, -0.05) is 18.2 Å². The van der Waals surface area contributed by atoms with Crippen molar-refractivity contribution < 1.29 is 46.1 Å². The van der Waals surface area contributed by atoms with Crippen molar-refractivity contribution in [2.24, 2.45) is 0 Å². The fourth-order valence-corrected chi connectivity index (χ4v) is 5.29. The van der Waals surface area contributed by atoms with Crippen molar-refractivity contribution in [3.05, 3.63) is 83.9 Å². The van der Waals surface area contributed by atoms with Gasteiger partial charge in [0.15, 0.2) is 0 Å². The summed E-state index contributed by atoms with van der Waals surface area (Å²) < 4.78 is 65.9. The summed E-state index contributed by atoms with van der Waals surface area (Å²) in [5.41, 5.74) is 0.0438. The number of sulfonamides is 2. The Kier molecular flexibility index (Phi) is 9.41. The zero-order chi connectivity index (χ0) is 27.8. The van der Waals surface area contributed by atoms with E-state index in [2.05, 4.69) is 9.44 Å². The molecule has 12 nitrogen and oxygen atoms in total. The number of carbonyl (C=O) groups is 2. The third-order valence-corrected chi connectivity index (χ3v) is 7.83. The summed E-state index contributed by atoms with van der Waals surface area (Å²) >= 11 is 0. The fraction of sp³-hybridized carbons (Fsp3) is 0.167. The first-order valence-corrected chi connectivity index (χ1v) is 14.0. The molecule has 3 rings (SSSR count). The maximum Gasteiger partial charge on any atom is 0.335 e. The van der Waals surface area contributed by atoms with Crippen LogP contribution in [0.15, 0.2) is 82.6 Å². The lowest BCUT2D eigenvalue weighted by Crippen LogP contribution is -2.30. The topological polar surface area (TPSA) is 185 Å². The van der Waals surface area contributed by atoms with E-state index in [0.29, 0.717) is 0 Å². The molecule has 14 heteroatoms. The molecule has 0 atom stereocenters. The Morgan fingerprint density at radius 3 is 1.42 bits per heavy atom. The van der Waals surface area contributed by atoms with Gasteiger partial charge in [-0.2, -0.15) is 0 Å². The van der Waals surface area contributed by atoms with Crippen molar-refractivity contribution in [3.63, 3.8) is 0 Å². The molecule has 0 heterocycles. The number of ether oxygens (including phenoxy) is 2. The van der Waals surface area contributed by atoms with Gasteiger partial charge in [0.05, 0.1) is 20.9 Å². The number of benzene rings is 3. The molecule has 0 aliphatic rings. The van der Waals surface area contributed by atoms with Gasteiger partial charge < -0.3 is 19.7 Å². The summed E-state index contributed by atoms with van der Waals surface area (Å²) in [4.78, 5) is 21.5. The number of nitrogens with one attached hydrogen (secondary N) is 2. The van der Waals surface area contributed by atoms with Gasteiger partial charge in [-0.25, -0.2) is 35.9 Å². The average molecular weight is 565 g/mol. The average Bonchev–Trinajstić information content (AvgIpc) is 2.89. The largest absolute Gasteiger partial charge is 0.492 e. The van der Waals surface area contributed by atoms with E-state index in [9.17, 15) is 26.4 Å². The monoisotopic (exact) mass is 564 g/mol. The van der Waals surface area contributed by atoms with Gasteiger partial charge in [0.2, 0.25) is 20.0 Å². The molecule has 4 N–H and O–H groups in total. The van der Waals surface area contributed by atoms with Crippen molar-refractivity contribution in [1.82, 2.24) is 9.44 Å². The first-order chi connectivity index (χ1) is 18.0. The molecule has 0 spiro atoms. The lowest BCUT2D eigenvalue weighted by Gasteiger charge is -2.11. The highest BCUT2D eigenvalue weighted by molar-refractivity contribution is 7.90. The Labute approximate surface area is 218 Å². The molecule has 3 aromatic rings. The van der Waals surface area contributed by atoms with Crippen LogP contribution in [0.1, 0.15) is 20.7 Å². The molecule has 3 aromatic carbocycles. The number of rotatable bonds is 14. The maximum absolute atomic E-state index is 12.6. The predicted molar refractivity (Wildman–Crippen MR) is 135 cm³/mol. The molecule has 202 valence electrons. The van der Waals surface area contributed by atoms with Crippen LogP contribution in [-0.2, 0) is 20.0 Å². The molecule has 0 fully saturated rings. The molecule has 38 heavy (non-hydrogen) atoms. The van der Waals surface area contributed by atoms with E-state index in [1.807, 2.05) is 0 Å². The molecule has 0 amide bonds. The minimum atomic E-state index is -4.08. The molecule has 0 unspecified atom stereocenters. The van der Waals surface area contributed by atoms with Crippen molar-refractivity contribution in [2.75, 3.05) is 26.3 Å². The predicted octanol–water partition coefficient (Wildman–Crippen LogP) is 1.80. The van der Waals surface area contributed by atoms with Gasteiger partial charge in [-0.15, -0.1) is 0 Å². The Bertz CT molecular complexity index is 1410. The Morgan fingerprint density at radius 1 is 0.632 bits per heavy atom. The van der Waals surface area contributed by atoms with Crippen LogP contribution in [0, 0.1) is 0 Å². The first kappa shape index (κ1) is 28.6. The minimum Gasteiger partial charge on any atom is -0.492 e. The number of hydrogen-bond donors (Lipinski definition) is 4. The quantitative estimate of drug-likeness (QED) is 0.210. The zero-order valence-corrected chi connectivity index (χ0v) is 21.4. The maximum atomic E-state index is 12.6. The van der Waals surface area contributed by atoms with Crippen LogP contribution in [0.4, 0.5) is 0 Å². The van der Waals surface area contributed by atoms with Gasteiger partial charge in [0.25, 0.3) is 0 Å². The summed E-state index contributed by atoms with van der Waals surface area (Å²) in [6.07, 6.45) is 0. The van der Waals surface area contributed by atoms with E-state index in [-0.39, 0.29) is 58.7 Å². The van der Waals surface area contributed by atoms with Crippen LogP contribution in [0.2, 0.25) is 0 Å². The third-order valence-electron chi connectivity index (χ3n) is 4.91. The molecule has 0 radical (unpaired) electrons. The van der Waals surface area contributed by atoms with Crippen molar-refractivity contribution >= 4 is 32.0 Å². The molecule has 0 saturated carbocycles. The third kappa shape index (κ3) is 8.01. The van der Waals surface area contributed by atoms with Gasteiger partial charge in [-0.05, 0) is 54.6 Å². The van der Waals surface area contributed by atoms with Gasteiger partial charge in [0, 0.05) is 13.1 Å². The molecule has 0 aliphatic heterocycles. The number of carboxylic acids is 2. The summed E-state index contributed by atoms with van der Waals surface area (Å²) in [6, 6.07) is 16.2. The second kappa shape index (κ2) is 12.5. The zero-order valence-electron chi connectivity index (χ0n) is 19.7. The Hall–Kier alpha value is -3.98. The van der Waals surface area contributed by atoms with Crippen LogP contribution in [0.5, 0.6) is 11.5 Å². The van der Waals surface area contributed by atoms with E-state index in [1.165, 1.54) is 66.7 Å². The normalized spacial score (nSPS) is 11.6. The highest BCUT2D eigenvalue weighted by Gasteiger charge is 2.19. The van der Waals surface area contributed by atoms with Crippen molar-refractivity contribution in [3.8, 4) is 11.5 Å². The second-order valence-corrected chi connectivity index (χ2v) is 11.2. The summed E-state index contributed by atoms with van der Waals surface area (Å²) in [7, 11) is -8.16. The van der Waals surface area contributed by atoms with E-state index in [0.717, 1.165) is 6.07 Å². The summed E-state index contributed by atoms with van der Waals surface area (Å²) in [5.74, 6) is -1.75. The highest BCUT2D eigenvalue weighted by Crippen LogP contribution is 2.17. The molecule has 0 saturated heterocycles. The number of aromatic carboxylic acids is 2. The smallest absolute Gasteiger partial charge is 0.335 e. The number of carboxylic acid groups (broad SMARTS) is 2. The van der Waals surface area contributed by atoms with Crippen molar-refractivity contribution in [2.45, 2.75) is 9.79 Å². The second-order valence-electron chi connectivity index (χ2n) is 7.63. The van der Waals surface area contributed by atoms with Crippen LogP contribution in [-0.4, -0.2) is 65.3 Å². The number of hydrogen-bond acceptors (Lipinski definition) is 8. The SMILES string of the molecule is O=C(O)c1cccc(OCCNS(=O)(=O)c2cccc(S(=O)(=O)NCCOc3cccc(C(=O)O)c3)c2)c1. The minimum absolute atomic E-state index is 0.0219. The van der Waals surface area contributed by atoms with Gasteiger partial charge >= 0.3 is 11.9 Å². The highest BCUT2D eigenvalue weighted by atomic mass is 32.2. The van der Waals surface area contributed by atoms with Gasteiger partial charge in [0.1, 0.15) is 24.7 Å². The Morgan fingerprint density at radius 2 is 1.03 bits per heavy atom. The van der Waals surface area contributed by atoms with Crippen LogP contribution in [0.3, 0.4) is 0 Å². The standard InChI is InChI=1S/C24H24N2O10S2/c27-23(28)17-4-1-6-19(14-17)35-12-10-25-37(31,32)21-8-3-9-22(16-21)38(33,34)26-11-13-36-20-7-2-5-18(15-20)24(29)30/h1-9,14-16,25-26H,10-13H2,(H,27,28)(H,29,30). The molecular formula is C24H24N2O10S2. The van der Waals surface area contributed by atoms with E-state index in [1.54, 1.807) is 0 Å². The lowest BCUT2D eigenvalue weighted by molar-refractivity contribution is 0.0685. The first-order valence-electron chi connectivity index (χ1n) is 11.0. The van der Waals surface area contributed by atoms with Crippen LogP contribution >= 0.6 is 0 Å². The van der Waals surface area contributed by atoms with E-state index < -0.39 is 32.0 Å². The van der Waals surface area contributed by atoms with E-state index >= 15 is 0 Å². The summed E-state index contributed by atoms with van der Waals surface area (Å²) in [5, 5.41) is 18.0. The van der Waals surface area contributed by atoms with Crippen LogP contribution in [0.25, 0.3) is 0 Å². The lowest BCUT2D eigenvalue weighted by atomic mass is 10.2.